The van der Waals surface area contributed by atoms with E-state index in [1.807, 2.05) is 9.24 Å². The van der Waals surface area contributed by atoms with Gasteiger partial charge in [-0.3, -0.25) is 24.0 Å². The molecule has 3 atom stereocenters. The number of hydrogen-bond acceptors (Lipinski definition) is 5. The van der Waals surface area contributed by atoms with E-state index in [1.54, 1.807) is 13.0 Å². The Hall–Kier alpha value is -2.54. The van der Waals surface area contributed by atoms with Crippen molar-refractivity contribution in [2.45, 2.75) is 51.6 Å². The first-order valence-corrected chi connectivity index (χ1v) is 10.0. The predicted molar refractivity (Wildman–Crippen MR) is 111 cm³/mol. The molecular weight excluding hydrogens is 395 g/mol. The minimum Gasteiger partial charge on any atom is -0.354 e. The Kier molecular flexibility index (Phi) is 10.2. The highest BCUT2D eigenvalue weighted by molar-refractivity contribution is 7.40. The van der Waals surface area contributed by atoms with Crippen LogP contribution in [0.15, 0.2) is 24.4 Å². The molecule has 0 radical (unpaired) electrons. The molecule has 0 aromatic rings. The number of carbonyl (C=O) groups excluding carboxylic acids is 5. The van der Waals surface area contributed by atoms with Gasteiger partial charge in [0.2, 0.25) is 17.7 Å². The van der Waals surface area contributed by atoms with Crippen LogP contribution in [0.5, 0.6) is 0 Å². The lowest BCUT2D eigenvalue weighted by Crippen LogP contribution is -2.48. The third-order valence-corrected chi connectivity index (χ3v) is 4.80. The van der Waals surface area contributed by atoms with Crippen molar-refractivity contribution in [3.05, 3.63) is 24.4 Å². The molecular formula is C19H29N4O5P. The van der Waals surface area contributed by atoms with E-state index in [0.717, 1.165) is 0 Å². The second-order valence-corrected chi connectivity index (χ2v) is 7.36. The molecule has 0 saturated heterocycles. The molecule has 0 aliphatic carbocycles. The molecule has 4 amide bonds. The molecule has 3 N–H and O–H groups in total. The largest absolute Gasteiger partial charge is 0.354 e. The number of amides is 4. The van der Waals surface area contributed by atoms with E-state index < -0.39 is 18.0 Å². The summed E-state index contributed by atoms with van der Waals surface area (Å²) < 4.78 is 0. The van der Waals surface area contributed by atoms with Gasteiger partial charge in [-0.05, 0) is 32.8 Å². The van der Waals surface area contributed by atoms with Gasteiger partial charge >= 0.3 is 0 Å². The average molecular weight is 424 g/mol. The van der Waals surface area contributed by atoms with Crippen LogP contribution in [0.25, 0.3) is 0 Å². The minimum atomic E-state index is -0.755. The summed E-state index contributed by atoms with van der Waals surface area (Å²) in [5, 5.41) is 7.79. The van der Waals surface area contributed by atoms with Gasteiger partial charge < -0.3 is 20.9 Å². The topological polar surface area (TPSA) is 125 Å². The summed E-state index contributed by atoms with van der Waals surface area (Å²) in [6.45, 7) is 7.53. The van der Waals surface area contributed by atoms with Gasteiger partial charge in [-0.25, -0.2) is 0 Å². The third-order valence-electron chi connectivity index (χ3n) is 4.30. The van der Waals surface area contributed by atoms with Crippen LogP contribution >= 0.6 is 9.24 Å². The molecule has 0 aromatic carbocycles. The zero-order valence-electron chi connectivity index (χ0n) is 16.8. The molecule has 10 heteroatoms. The van der Waals surface area contributed by atoms with Crippen molar-refractivity contribution in [2.75, 3.05) is 13.1 Å². The Morgan fingerprint density at radius 2 is 1.66 bits per heavy atom. The lowest BCUT2D eigenvalue weighted by molar-refractivity contribution is -0.129. The molecule has 0 spiro atoms. The summed E-state index contributed by atoms with van der Waals surface area (Å²) >= 11 is 0. The fourth-order valence-electron chi connectivity index (χ4n) is 2.50. The average Bonchev–Trinajstić information content (AvgIpc) is 2.97. The zero-order chi connectivity index (χ0) is 22.0. The highest BCUT2D eigenvalue weighted by Crippen LogP contribution is 2.11. The van der Waals surface area contributed by atoms with Crippen LogP contribution in [0.3, 0.4) is 0 Å². The first kappa shape index (κ1) is 24.5. The highest BCUT2D eigenvalue weighted by atomic mass is 31.0. The Labute approximate surface area is 172 Å². The standard InChI is InChI=1S/C19H29N4O5P/c1-12-8-9-17(26)23(12)11-10-20-15(24)6-4-5-7-16(25)21-13(2)18(27)22-14(3)19(28)29/h8-9,13-14H,1,4-7,10-11,29H2,2-3H3,(H,20,24)(H,21,25)(H,22,27). The normalized spacial score (nSPS) is 15.1. The summed E-state index contributed by atoms with van der Waals surface area (Å²) in [6, 6.07) is -1.39. The van der Waals surface area contributed by atoms with E-state index in [2.05, 4.69) is 22.5 Å². The van der Waals surface area contributed by atoms with Crippen molar-refractivity contribution in [2.24, 2.45) is 0 Å². The van der Waals surface area contributed by atoms with E-state index in [-0.39, 0.29) is 36.1 Å². The summed E-state index contributed by atoms with van der Waals surface area (Å²) in [4.78, 5) is 59.7. The summed E-state index contributed by atoms with van der Waals surface area (Å²) in [5.74, 6) is -1.03. The molecule has 1 aliphatic heterocycles. The van der Waals surface area contributed by atoms with Crippen molar-refractivity contribution in [3.63, 3.8) is 0 Å². The predicted octanol–water partition coefficient (Wildman–Crippen LogP) is -0.0138. The maximum atomic E-state index is 11.9. The van der Waals surface area contributed by atoms with Crippen LogP contribution < -0.4 is 16.0 Å². The van der Waals surface area contributed by atoms with Crippen molar-refractivity contribution in [1.82, 2.24) is 20.9 Å². The van der Waals surface area contributed by atoms with Crippen molar-refractivity contribution in [3.8, 4) is 0 Å². The highest BCUT2D eigenvalue weighted by Gasteiger charge is 2.19. The van der Waals surface area contributed by atoms with Gasteiger partial charge in [0.15, 0.2) is 5.52 Å². The second kappa shape index (κ2) is 12.1. The Bertz CT molecular complexity index is 689. The van der Waals surface area contributed by atoms with Gasteiger partial charge in [-0.15, -0.1) is 0 Å². The number of hydrogen-bond donors (Lipinski definition) is 3. The van der Waals surface area contributed by atoms with Crippen LogP contribution in [0.4, 0.5) is 0 Å². The van der Waals surface area contributed by atoms with Crippen LogP contribution in [0, 0.1) is 0 Å². The van der Waals surface area contributed by atoms with Crippen LogP contribution in [-0.2, 0) is 24.0 Å². The SMILES string of the molecule is C=C1C=CC(=O)N1CCNC(=O)CCCCC(=O)NC(C)C(=O)NC(C)C(=O)P. The molecule has 1 rings (SSSR count). The molecule has 0 fully saturated rings. The smallest absolute Gasteiger partial charge is 0.251 e. The van der Waals surface area contributed by atoms with Crippen molar-refractivity contribution < 1.29 is 24.0 Å². The minimum absolute atomic E-state index is 0.146. The van der Waals surface area contributed by atoms with E-state index in [1.165, 1.54) is 17.9 Å². The number of nitrogens with one attached hydrogen (secondary N) is 3. The summed E-state index contributed by atoms with van der Waals surface area (Å²) in [6.07, 6.45) is 4.54. The molecule has 160 valence electrons. The number of unbranched alkanes of at least 4 members (excludes halogenated alkanes) is 1. The fraction of sp³-hybridized carbons (Fsp3) is 0.526. The van der Waals surface area contributed by atoms with E-state index >= 15 is 0 Å². The lowest BCUT2D eigenvalue weighted by atomic mass is 10.1. The fourth-order valence-corrected chi connectivity index (χ4v) is 2.58. The monoisotopic (exact) mass is 424 g/mol. The van der Waals surface area contributed by atoms with Crippen molar-refractivity contribution >= 4 is 38.4 Å². The second-order valence-electron chi connectivity index (χ2n) is 6.79. The Morgan fingerprint density at radius 3 is 2.21 bits per heavy atom. The molecule has 0 aromatic heterocycles. The number of rotatable bonds is 12. The van der Waals surface area contributed by atoms with E-state index in [9.17, 15) is 24.0 Å². The zero-order valence-corrected chi connectivity index (χ0v) is 18.0. The van der Waals surface area contributed by atoms with Crippen LogP contribution in [0.2, 0.25) is 0 Å². The van der Waals surface area contributed by atoms with Crippen molar-refractivity contribution in [1.29, 1.82) is 0 Å². The summed E-state index contributed by atoms with van der Waals surface area (Å²) in [7, 11) is 1.99. The first-order valence-electron chi connectivity index (χ1n) is 9.46. The van der Waals surface area contributed by atoms with Crippen LogP contribution in [0.1, 0.15) is 39.5 Å². The van der Waals surface area contributed by atoms with Gasteiger partial charge in [0, 0.05) is 37.7 Å². The third kappa shape index (κ3) is 9.00. The quantitative estimate of drug-likeness (QED) is 0.300. The molecule has 1 aliphatic rings. The molecule has 3 unspecified atom stereocenters. The Morgan fingerprint density at radius 1 is 1.03 bits per heavy atom. The first-order chi connectivity index (χ1) is 13.6. The van der Waals surface area contributed by atoms with E-state index in [4.69, 9.17) is 0 Å². The molecule has 0 saturated carbocycles. The number of nitrogens with zero attached hydrogens (tertiary/aromatic N) is 1. The number of allylic oxidation sites excluding steroid dienone is 1. The Balaban J connectivity index is 2.13. The van der Waals surface area contributed by atoms with E-state index in [0.29, 0.717) is 31.6 Å². The molecule has 29 heavy (non-hydrogen) atoms. The van der Waals surface area contributed by atoms with Gasteiger partial charge in [-0.1, -0.05) is 15.8 Å². The molecule has 0 bridgehead atoms. The maximum absolute atomic E-state index is 11.9. The van der Waals surface area contributed by atoms with Gasteiger partial charge in [0.25, 0.3) is 5.91 Å². The van der Waals surface area contributed by atoms with Gasteiger partial charge in [0.1, 0.15) is 6.04 Å². The number of carbonyl (C=O) groups is 5. The lowest BCUT2D eigenvalue weighted by Gasteiger charge is -2.17. The van der Waals surface area contributed by atoms with Gasteiger partial charge in [0.05, 0.1) is 6.04 Å². The van der Waals surface area contributed by atoms with Gasteiger partial charge in [-0.2, -0.15) is 0 Å². The van der Waals surface area contributed by atoms with Crippen LogP contribution in [-0.4, -0.2) is 59.2 Å². The molecule has 1 heterocycles. The maximum Gasteiger partial charge on any atom is 0.251 e. The summed E-state index contributed by atoms with van der Waals surface area (Å²) in [5.41, 5.74) is 0.358. The molecule has 9 nitrogen and oxygen atoms in total.